The molecule has 1 heterocycles. The first-order chi connectivity index (χ1) is 12.3. The third kappa shape index (κ3) is 3.67. The highest BCUT2D eigenvalue weighted by atomic mass is 16.5. The van der Waals surface area contributed by atoms with Crippen LogP contribution in [0.1, 0.15) is 34.8 Å². The Kier molecular flexibility index (Phi) is 4.89. The Balaban J connectivity index is 1.70. The largest absolute Gasteiger partial charge is 0.426 e. The molecule has 0 aliphatic carbocycles. The Morgan fingerprint density at radius 1 is 1.08 bits per heavy atom. The van der Waals surface area contributed by atoms with Crippen molar-refractivity contribution in [3.8, 4) is 5.75 Å². The molecule has 1 amide bonds. The molecule has 1 aliphatic heterocycles. The van der Waals surface area contributed by atoms with Crippen LogP contribution in [-0.4, -0.2) is 24.2 Å². The van der Waals surface area contributed by atoms with E-state index in [1.54, 1.807) is 29.2 Å². The van der Waals surface area contributed by atoms with Crippen molar-refractivity contribution in [1.82, 2.24) is 0 Å². The summed E-state index contributed by atoms with van der Waals surface area (Å²) in [6.07, 6.45) is 0.137. The molecule has 3 rings (SSSR count). The van der Waals surface area contributed by atoms with E-state index in [0.29, 0.717) is 17.9 Å². The molecule has 0 spiro atoms. The van der Waals surface area contributed by atoms with Gasteiger partial charge in [0, 0.05) is 24.2 Å². The van der Waals surface area contributed by atoms with E-state index in [4.69, 9.17) is 4.74 Å². The highest BCUT2D eigenvalue weighted by Crippen LogP contribution is 2.29. The van der Waals surface area contributed by atoms with Gasteiger partial charge in [-0.05, 0) is 62.2 Å². The van der Waals surface area contributed by atoms with Gasteiger partial charge in [-0.2, -0.15) is 0 Å². The van der Waals surface area contributed by atoms with E-state index in [2.05, 4.69) is 0 Å². The van der Waals surface area contributed by atoms with E-state index in [-0.39, 0.29) is 18.1 Å². The Morgan fingerprint density at radius 3 is 2.42 bits per heavy atom. The van der Waals surface area contributed by atoms with E-state index in [9.17, 15) is 14.4 Å². The smallest absolute Gasteiger partial charge is 0.316 e. The summed E-state index contributed by atoms with van der Waals surface area (Å²) in [5.41, 5.74) is 3.46. The number of amides is 1. The average Bonchev–Trinajstić information content (AvgIpc) is 2.99. The summed E-state index contributed by atoms with van der Waals surface area (Å²) in [6, 6.07) is 12.3. The van der Waals surface area contributed by atoms with Crippen LogP contribution >= 0.6 is 0 Å². The Labute approximate surface area is 152 Å². The van der Waals surface area contributed by atoms with Gasteiger partial charge in [0.05, 0.1) is 5.92 Å². The summed E-state index contributed by atoms with van der Waals surface area (Å²) in [7, 11) is 0. The van der Waals surface area contributed by atoms with Gasteiger partial charge in [-0.1, -0.05) is 12.1 Å². The second-order valence-corrected chi connectivity index (χ2v) is 6.70. The third-order valence-electron chi connectivity index (χ3n) is 4.59. The van der Waals surface area contributed by atoms with Gasteiger partial charge in [-0.3, -0.25) is 14.4 Å². The van der Waals surface area contributed by atoms with Crippen molar-refractivity contribution in [2.75, 3.05) is 11.4 Å². The number of esters is 1. The van der Waals surface area contributed by atoms with Crippen LogP contribution in [0.3, 0.4) is 0 Å². The van der Waals surface area contributed by atoms with Crippen LogP contribution in [0.15, 0.2) is 42.5 Å². The van der Waals surface area contributed by atoms with Gasteiger partial charge in [0.2, 0.25) is 5.91 Å². The number of ether oxygens (including phenoxy) is 1. The van der Waals surface area contributed by atoms with Gasteiger partial charge >= 0.3 is 5.97 Å². The molecule has 1 atom stereocenters. The second kappa shape index (κ2) is 7.12. The predicted molar refractivity (Wildman–Crippen MR) is 98.5 cm³/mol. The van der Waals surface area contributed by atoms with Crippen LogP contribution < -0.4 is 9.64 Å². The topological polar surface area (TPSA) is 63.7 Å². The maximum atomic E-state index is 12.4. The second-order valence-electron chi connectivity index (χ2n) is 6.70. The number of carbonyl (C=O) groups excluding carboxylic acids is 3. The summed E-state index contributed by atoms with van der Waals surface area (Å²) in [5.74, 6) is -0.685. The highest BCUT2D eigenvalue weighted by Gasteiger charge is 2.37. The van der Waals surface area contributed by atoms with Gasteiger partial charge in [-0.25, -0.2) is 0 Å². The Morgan fingerprint density at radius 2 is 1.77 bits per heavy atom. The Hall–Kier alpha value is -2.95. The number of aryl methyl sites for hydroxylation is 2. The zero-order valence-electron chi connectivity index (χ0n) is 15.1. The number of hydrogen-bond donors (Lipinski definition) is 0. The molecule has 5 nitrogen and oxygen atoms in total. The fraction of sp³-hybridized carbons (Fsp3) is 0.286. The lowest BCUT2D eigenvalue weighted by Crippen LogP contribution is -2.27. The molecule has 1 fully saturated rings. The lowest BCUT2D eigenvalue weighted by molar-refractivity contribution is -0.139. The minimum atomic E-state index is -0.505. The molecular weight excluding hydrogens is 330 g/mol. The molecule has 26 heavy (non-hydrogen) atoms. The molecule has 2 aromatic carbocycles. The maximum Gasteiger partial charge on any atom is 0.316 e. The van der Waals surface area contributed by atoms with Gasteiger partial charge in [0.15, 0.2) is 5.78 Å². The lowest BCUT2D eigenvalue weighted by Gasteiger charge is -2.19. The van der Waals surface area contributed by atoms with E-state index in [1.807, 2.05) is 32.0 Å². The monoisotopic (exact) mass is 351 g/mol. The molecule has 1 saturated heterocycles. The zero-order valence-corrected chi connectivity index (χ0v) is 15.1. The maximum absolute atomic E-state index is 12.4. The number of rotatable bonds is 4. The minimum absolute atomic E-state index is 0.0477. The van der Waals surface area contributed by atoms with Crippen molar-refractivity contribution in [2.24, 2.45) is 5.92 Å². The molecule has 0 N–H and O–H groups in total. The molecule has 2 aromatic rings. The van der Waals surface area contributed by atoms with Gasteiger partial charge in [0.1, 0.15) is 5.75 Å². The van der Waals surface area contributed by atoms with Gasteiger partial charge < -0.3 is 9.64 Å². The predicted octanol–water partition coefficient (Wildman–Crippen LogP) is 3.46. The number of carbonyl (C=O) groups is 3. The molecule has 0 bridgehead atoms. The number of ketones is 1. The number of anilines is 1. The first-order valence-electron chi connectivity index (χ1n) is 8.55. The average molecular weight is 351 g/mol. The van der Waals surface area contributed by atoms with Crippen LogP contribution in [0.4, 0.5) is 5.69 Å². The standard InChI is InChI=1S/C21H21NO4/c1-13-4-5-14(2)19(10-13)22-12-17(11-20(22)24)21(25)26-18-8-6-16(7-9-18)15(3)23/h4-10,17H,11-12H2,1-3H3/t17-/m1/s1. The van der Waals surface area contributed by atoms with E-state index in [0.717, 1.165) is 16.8 Å². The molecule has 0 saturated carbocycles. The number of hydrogen-bond acceptors (Lipinski definition) is 4. The molecular formula is C21H21NO4. The van der Waals surface area contributed by atoms with Crippen molar-refractivity contribution in [3.63, 3.8) is 0 Å². The number of Topliss-reactive ketones (excluding diaryl/α,β-unsaturated/α-hetero) is 1. The summed E-state index contributed by atoms with van der Waals surface area (Å²) in [6.45, 7) is 5.71. The van der Waals surface area contributed by atoms with Crippen molar-refractivity contribution >= 4 is 23.3 Å². The highest BCUT2D eigenvalue weighted by molar-refractivity contribution is 6.00. The summed E-state index contributed by atoms with van der Waals surface area (Å²) in [4.78, 5) is 37.8. The first kappa shape index (κ1) is 17.9. The SMILES string of the molecule is CC(=O)c1ccc(OC(=O)[C@@H]2CC(=O)N(c3cc(C)ccc3C)C2)cc1. The normalized spacial score (nSPS) is 16.7. The van der Waals surface area contributed by atoms with Crippen LogP contribution in [-0.2, 0) is 9.59 Å². The van der Waals surface area contributed by atoms with Crippen LogP contribution in [0.5, 0.6) is 5.75 Å². The molecule has 1 aliphatic rings. The molecule has 0 unspecified atom stereocenters. The molecule has 134 valence electrons. The fourth-order valence-electron chi connectivity index (χ4n) is 3.07. The molecule has 0 aromatic heterocycles. The number of nitrogens with zero attached hydrogens (tertiary/aromatic N) is 1. The lowest BCUT2D eigenvalue weighted by atomic mass is 10.1. The quantitative estimate of drug-likeness (QED) is 0.481. The van der Waals surface area contributed by atoms with Crippen molar-refractivity contribution in [3.05, 3.63) is 59.2 Å². The number of benzene rings is 2. The van der Waals surface area contributed by atoms with Crippen LogP contribution in [0, 0.1) is 19.8 Å². The fourth-order valence-corrected chi connectivity index (χ4v) is 3.07. The minimum Gasteiger partial charge on any atom is -0.426 e. The van der Waals surface area contributed by atoms with Crippen LogP contribution in [0.2, 0.25) is 0 Å². The molecule has 5 heteroatoms. The van der Waals surface area contributed by atoms with E-state index in [1.165, 1.54) is 6.92 Å². The van der Waals surface area contributed by atoms with Crippen molar-refractivity contribution in [2.45, 2.75) is 27.2 Å². The van der Waals surface area contributed by atoms with Crippen LogP contribution in [0.25, 0.3) is 0 Å². The first-order valence-corrected chi connectivity index (χ1v) is 8.55. The third-order valence-corrected chi connectivity index (χ3v) is 4.59. The summed E-state index contributed by atoms with van der Waals surface area (Å²) >= 11 is 0. The van der Waals surface area contributed by atoms with Gasteiger partial charge in [-0.15, -0.1) is 0 Å². The van der Waals surface area contributed by atoms with Gasteiger partial charge in [0.25, 0.3) is 0 Å². The van der Waals surface area contributed by atoms with E-state index < -0.39 is 11.9 Å². The zero-order chi connectivity index (χ0) is 18.8. The summed E-state index contributed by atoms with van der Waals surface area (Å²) in [5, 5.41) is 0. The summed E-state index contributed by atoms with van der Waals surface area (Å²) < 4.78 is 5.39. The van der Waals surface area contributed by atoms with E-state index >= 15 is 0 Å². The molecule has 0 radical (unpaired) electrons. The van der Waals surface area contributed by atoms with Crippen molar-refractivity contribution in [1.29, 1.82) is 0 Å². The Bertz CT molecular complexity index is 870. The van der Waals surface area contributed by atoms with Crippen molar-refractivity contribution < 1.29 is 19.1 Å².